The van der Waals surface area contributed by atoms with Crippen LogP contribution in [-0.2, 0) is 11.2 Å². The number of fused-ring (bicyclic) bond motifs is 1. The minimum Gasteiger partial charge on any atom is -0.497 e. The molecule has 108 valence electrons. The fourth-order valence-corrected chi connectivity index (χ4v) is 2.70. The summed E-state index contributed by atoms with van der Waals surface area (Å²) in [5, 5.41) is 0. The second-order valence-corrected chi connectivity index (χ2v) is 5.12. The van der Waals surface area contributed by atoms with Crippen LogP contribution in [0.5, 0.6) is 5.75 Å². The summed E-state index contributed by atoms with van der Waals surface area (Å²) in [7, 11) is 1.64. The third kappa shape index (κ3) is 2.50. The first-order valence-corrected chi connectivity index (χ1v) is 6.99. The molecule has 0 aromatic heterocycles. The average molecular weight is 282 g/mol. The Morgan fingerprint density at radius 3 is 2.71 bits per heavy atom. The van der Waals surface area contributed by atoms with Gasteiger partial charge in [0.1, 0.15) is 11.8 Å². The van der Waals surface area contributed by atoms with Crippen molar-refractivity contribution in [2.45, 2.75) is 12.5 Å². The minimum absolute atomic E-state index is 0.0647. The van der Waals surface area contributed by atoms with Gasteiger partial charge in [-0.3, -0.25) is 4.79 Å². The fourth-order valence-electron chi connectivity index (χ4n) is 2.70. The highest BCUT2D eigenvalue weighted by Crippen LogP contribution is 2.32. The van der Waals surface area contributed by atoms with Crippen LogP contribution >= 0.6 is 0 Å². The normalized spacial score (nSPS) is 14.7. The predicted molar refractivity (Wildman–Crippen MR) is 82.4 cm³/mol. The number of methoxy groups -OCH3 is 1. The smallest absolute Gasteiger partial charge is 0.248 e. The van der Waals surface area contributed by atoms with E-state index in [2.05, 4.69) is 0 Å². The molecule has 1 atom stereocenters. The van der Waals surface area contributed by atoms with E-state index < -0.39 is 6.04 Å². The van der Waals surface area contributed by atoms with E-state index in [4.69, 9.17) is 10.5 Å². The first-order chi connectivity index (χ1) is 10.2. The van der Waals surface area contributed by atoms with Gasteiger partial charge in [-0.25, -0.2) is 0 Å². The molecular weight excluding hydrogens is 264 g/mol. The van der Waals surface area contributed by atoms with Crippen LogP contribution in [0, 0.1) is 0 Å². The van der Waals surface area contributed by atoms with Gasteiger partial charge in [-0.15, -0.1) is 0 Å². The molecule has 0 unspecified atom stereocenters. The molecule has 2 aromatic carbocycles. The number of hydrogen-bond acceptors (Lipinski definition) is 3. The van der Waals surface area contributed by atoms with E-state index in [1.807, 2.05) is 48.5 Å². The maximum atomic E-state index is 12.6. The lowest BCUT2D eigenvalue weighted by Crippen LogP contribution is -2.37. The first kappa shape index (κ1) is 13.6. The third-order valence-electron chi connectivity index (χ3n) is 3.87. The number of nitrogens with two attached hydrogens (primary N) is 1. The number of benzene rings is 2. The molecule has 3 rings (SSSR count). The second kappa shape index (κ2) is 5.58. The molecule has 0 spiro atoms. The average Bonchev–Trinajstić information content (AvgIpc) is 2.97. The zero-order chi connectivity index (χ0) is 14.8. The van der Waals surface area contributed by atoms with Crippen molar-refractivity contribution < 1.29 is 9.53 Å². The Kier molecular flexibility index (Phi) is 3.62. The lowest BCUT2D eigenvalue weighted by atomic mass is 10.1. The SMILES string of the molecule is COc1ccc2c(c1)CCN2C(=O)[C@@H](N)c1ccccc1. The fraction of sp³-hybridized carbons (Fsp3) is 0.235. The lowest BCUT2D eigenvalue weighted by molar-refractivity contribution is -0.119. The molecule has 0 bridgehead atoms. The minimum atomic E-state index is -0.626. The predicted octanol–water partition coefficient (Wildman–Crippen LogP) is 2.28. The number of anilines is 1. The monoisotopic (exact) mass is 282 g/mol. The van der Waals surface area contributed by atoms with E-state index in [0.29, 0.717) is 6.54 Å². The number of carbonyl (C=O) groups is 1. The summed E-state index contributed by atoms with van der Waals surface area (Å²) in [6, 6.07) is 14.6. The molecule has 0 saturated carbocycles. The second-order valence-electron chi connectivity index (χ2n) is 5.12. The maximum absolute atomic E-state index is 12.6. The third-order valence-corrected chi connectivity index (χ3v) is 3.87. The van der Waals surface area contributed by atoms with Gasteiger partial charge in [0.15, 0.2) is 0 Å². The van der Waals surface area contributed by atoms with E-state index in [0.717, 1.165) is 29.0 Å². The van der Waals surface area contributed by atoms with Gasteiger partial charge in [0.05, 0.1) is 7.11 Å². The molecule has 4 nitrogen and oxygen atoms in total. The molecule has 0 fully saturated rings. The molecule has 4 heteroatoms. The largest absolute Gasteiger partial charge is 0.497 e. The van der Waals surface area contributed by atoms with Crippen LogP contribution in [0.1, 0.15) is 17.2 Å². The number of amides is 1. The quantitative estimate of drug-likeness (QED) is 0.939. The molecule has 1 heterocycles. The topological polar surface area (TPSA) is 55.6 Å². The molecule has 2 aromatic rings. The van der Waals surface area contributed by atoms with E-state index in [1.54, 1.807) is 12.0 Å². The van der Waals surface area contributed by atoms with Crippen molar-refractivity contribution in [3.05, 3.63) is 59.7 Å². The Morgan fingerprint density at radius 1 is 1.24 bits per heavy atom. The Bertz CT molecular complexity index is 655. The molecule has 0 aliphatic carbocycles. The van der Waals surface area contributed by atoms with Crippen LogP contribution in [0.25, 0.3) is 0 Å². The van der Waals surface area contributed by atoms with Crippen molar-refractivity contribution in [3.63, 3.8) is 0 Å². The Balaban J connectivity index is 1.85. The van der Waals surface area contributed by atoms with Gasteiger partial charge in [0.2, 0.25) is 5.91 Å². The van der Waals surface area contributed by atoms with Gasteiger partial charge in [0.25, 0.3) is 0 Å². The number of nitrogens with zero attached hydrogens (tertiary/aromatic N) is 1. The van der Waals surface area contributed by atoms with Crippen LogP contribution in [0.4, 0.5) is 5.69 Å². The summed E-state index contributed by atoms with van der Waals surface area (Å²) in [5.74, 6) is 0.750. The van der Waals surface area contributed by atoms with E-state index in [-0.39, 0.29) is 5.91 Å². The Labute approximate surface area is 124 Å². The van der Waals surface area contributed by atoms with Gasteiger partial charge in [-0.05, 0) is 35.7 Å². The van der Waals surface area contributed by atoms with Gasteiger partial charge in [0, 0.05) is 12.2 Å². The highest BCUT2D eigenvalue weighted by Gasteiger charge is 2.29. The van der Waals surface area contributed by atoms with Crippen LogP contribution in [0.3, 0.4) is 0 Å². The van der Waals surface area contributed by atoms with Gasteiger partial charge < -0.3 is 15.4 Å². The number of carbonyl (C=O) groups excluding carboxylic acids is 1. The van der Waals surface area contributed by atoms with Crippen LogP contribution in [-0.4, -0.2) is 19.6 Å². The molecule has 0 saturated heterocycles. The van der Waals surface area contributed by atoms with Crippen LogP contribution < -0.4 is 15.4 Å². The molecule has 1 aliphatic heterocycles. The van der Waals surface area contributed by atoms with Crippen molar-refractivity contribution in [1.82, 2.24) is 0 Å². The van der Waals surface area contributed by atoms with Crippen molar-refractivity contribution in [2.75, 3.05) is 18.6 Å². The summed E-state index contributed by atoms with van der Waals surface area (Å²) in [6.45, 7) is 0.669. The van der Waals surface area contributed by atoms with E-state index in [1.165, 1.54) is 0 Å². The van der Waals surface area contributed by atoms with Crippen LogP contribution in [0.15, 0.2) is 48.5 Å². The standard InChI is InChI=1S/C17H18N2O2/c1-21-14-7-8-15-13(11-14)9-10-19(15)17(20)16(18)12-5-3-2-4-6-12/h2-8,11,16H,9-10,18H2,1H3/t16-/m0/s1. The first-order valence-electron chi connectivity index (χ1n) is 6.99. The highest BCUT2D eigenvalue weighted by molar-refractivity contribution is 5.99. The van der Waals surface area contributed by atoms with Gasteiger partial charge in [-0.2, -0.15) is 0 Å². The zero-order valence-electron chi connectivity index (χ0n) is 12.0. The lowest BCUT2D eigenvalue weighted by Gasteiger charge is -2.22. The summed E-state index contributed by atoms with van der Waals surface area (Å²) in [4.78, 5) is 14.4. The molecule has 1 amide bonds. The number of rotatable bonds is 3. The van der Waals surface area contributed by atoms with Crippen LogP contribution in [0.2, 0.25) is 0 Å². The molecule has 2 N–H and O–H groups in total. The Hall–Kier alpha value is -2.33. The Morgan fingerprint density at radius 2 is 2.00 bits per heavy atom. The number of ether oxygens (including phenoxy) is 1. The van der Waals surface area contributed by atoms with E-state index >= 15 is 0 Å². The molecule has 1 aliphatic rings. The van der Waals surface area contributed by atoms with Gasteiger partial charge >= 0.3 is 0 Å². The summed E-state index contributed by atoms with van der Waals surface area (Å²) in [5.41, 5.74) is 9.02. The molecule has 21 heavy (non-hydrogen) atoms. The highest BCUT2D eigenvalue weighted by atomic mass is 16.5. The molecular formula is C17H18N2O2. The van der Waals surface area contributed by atoms with Crippen molar-refractivity contribution in [3.8, 4) is 5.75 Å². The number of hydrogen-bond donors (Lipinski definition) is 1. The van der Waals surface area contributed by atoms with Crippen molar-refractivity contribution >= 4 is 11.6 Å². The van der Waals surface area contributed by atoms with Crippen molar-refractivity contribution in [2.24, 2.45) is 5.73 Å². The van der Waals surface area contributed by atoms with E-state index in [9.17, 15) is 4.79 Å². The molecule has 0 radical (unpaired) electrons. The van der Waals surface area contributed by atoms with Crippen molar-refractivity contribution in [1.29, 1.82) is 0 Å². The van der Waals surface area contributed by atoms with Gasteiger partial charge in [-0.1, -0.05) is 30.3 Å². The zero-order valence-corrected chi connectivity index (χ0v) is 12.0. The summed E-state index contributed by atoms with van der Waals surface area (Å²) < 4.78 is 5.22. The maximum Gasteiger partial charge on any atom is 0.248 e. The summed E-state index contributed by atoms with van der Waals surface area (Å²) in [6.07, 6.45) is 0.833. The summed E-state index contributed by atoms with van der Waals surface area (Å²) >= 11 is 0.